The molecule has 0 radical (unpaired) electrons. The Morgan fingerprint density at radius 2 is 0.778 bits per heavy atom. The number of ether oxygens (including phenoxy) is 5. The molecule has 6 atom stereocenters. The zero-order valence-corrected chi connectivity index (χ0v) is 50.7. The van der Waals surface area contributed by atoms with Gasteiger partial charge in [0, 0.05) is 19.3 Å². The number of carboxylic acid groups (broad SMARTS) is 1. The zero-order valence-electron chi connectivity index (χ0n) is 50.7. The second kappa shape index (κ2) is 55.9. The Kier molecular flexibility index (Phi) is 51.3. The molecule has 0 aromatic heterocycles. The molecular formula is C69H112O12. The fourth-order valence-corrected chi connectivity index (χ4v) is 8.92. The fraction of sp³-hybridized carbons (Fsp3) is 0.681. The number of aliphatic hydroxyl groups is 2. The maximum Gasteiger partial charge on any atom is 0.335 e. The van der Waals surface area contributed by atoms with Crippen LogP contribution in [0.25, 0.3) is 0 Å². The summed E-state index contributed by atoms with van der Waals surface area (Å²) in [7, 11) is 0. The first-order valence-electron chi connectivity index (χ1n) is 31.9. The van der Waals surface area contributed by atoms with Gasteiger partial charge in [-0.15, -0.1) is 0 Å². The van der Waals surface area contributed by atoms with E-state index in [4.69, 9.17) is 23.7 Å². The Bertz CT molecular complexity index is 1820. The number of hydrogen-bond donors (Lipinski definition) is 3. The van der Waals surface area contributed by atoms with Gasteiger partial charge in [-0.25, -0.2) is 4.79 Å². The molecule has 1 aliphatic rings. The van der Waals surface area contributed by atoms with Gasteiger partial charge in [-0.2, -0.15) is 0 Å². The highest BCUT2D eigenvalue weighted by Gasteiger charge is 2.50. The van der Waals surface area contributed by atoms with Gasteiger partial charge in [-0.3, -0.25) is 14.4 Å². The Morgan fingerprint density at radius 1 is 0.420 bits per heavy atom. The number of carboxylic acids is 1. The molecule has 1 fully saturated rings. The van der Waals surface area contributed by atoms with Crippen molar-refractivity contribution in [2.45, 2.75) is 289 Å². The molecule has 0 aliphatic carbocycles. The molecule has 1 rings (SSSR count). The quantitative estimate of drug-likeness (QED) is 0.0228. The molecule has 6 unspecified atom stereocenters. The smallest absolute Gasteiger partial charge is 0.335 e. The summed E-state index contributed by atoms with van der Waals surface area (Å²) in [4.78, 5) is 51.3. The molecule has 12 heteroatoms. The molecule has 0 aromatic carbocycles. The molecule has 0 amide bonds. The van der Waals surface area contributed by atoms with Gasteiger partial charge < -0.3 is 39.0 Å². The number of hydrogen-bond acceptors (Lipinski definition) is 11. The molecule has 0 bridgehead atoms. The van der Waals surface area contributed by atoms with E-state index >= 15 is 0 Å². The predicted molar refractivity (Wildman–Crippen MR) is 330 cm³/mol. The summed E-state index contributed by atoms with van der Waals surface area (Å²) >= 11 is 0. The summed E-state index contributed by atoms with van der Waals surface area (Å²) in [5.74, 6) is -3.20. The number of carbonyl (C=O) groups is 4. The van der Waals surface area contributed by atoms with Gasteiger partial charge in [0.15, 0.2) is 24.6 Å². The van der Waals surface area contributed by atoms with Gasteiger partial charge in [0.25, 0.3) is 0 Å². The molecule has 460 valence electrons. The van der Waals surface area contributed by atoms with Crippen LogP contribution in [0, 0.1) is 0 Å². The number of carbonyl (C=O) groups excluding carboxylic acids is 3. The van der Waals surface area contributed by atoms with Crippen molar-refractivity contribution in [3.05, 3.63) is 109 Å². The minimum Gasteiger partial charge on any atom is -0.479 e. The highest BCUT2D eigenvalue weighted by molar-refractivity contribution is 5.74. The van der Waals surface area contributed by atoms with Crippen LogP contribution >= 0.6 is 0 Å². The van der Waals surface area contributed by atoms with Crippen molar-refractivity contribution < 1.29 is 58.2 Å². The second-order valence-corrected chi connectivity index (χ2v) is 21.3. The van der Waals surface area contributed by atoms with Crippen molar-refractivity contribution in [3.63, 3.8) is 0 Å². The molecule has 1 saturated heterocycles. The average Bonchev–Trinajstić information content (AvgIpc) is 3.54. The maximum absolute atomic E-state index is 13.2. The van der Waals surface area contributed by atoms with Crippen LogP contribution in [-0.4, -0.2) is 89.2 Å². The second-order valence-electron chi connectivity index (χ2n) is 21.3. The first kappa shape index (κ1) is 74.4. The predicted octanol–water partition coefficient (Wildman–Crippen LogP) is 17.0. The standard InChI is InChI=1S/C69H112O12/c1-4-7-10-13-16-19-22-25-27-29-31-33-35-38-40-43-46-49-52-55-61(70)77-58-60(79-62(71)56-53-50-47-44-42-39-36-34-32-30-28-26-23-20-17-14-11-8-5-2)59-78-69-67(65(74)64(73)66(81-69)68(75)76)80-63(72)57-54-51-48-45-41-37-24-21-18-15-12-9-6-3/h9,12,16-21,25-28,31-34,37,41,60,64-67,69,73-74H,4-8,10-11,13-15,22-24,29-30,35-36,38-40,42-59H2,1-3H3,(H,75,76)/b12-9-,19-16-,20-17-,21-18-,27-25-,28-26-,33-31-,34-32-,41-37-. The number of aliphatic carboxylic acids is 1. The topological polar surface area (TPSA) is 175 Å². The Balaban J connectivity index is 2.70. The first-order valence-corrected chi connectivity index (χ1v) is 31.9. The van der Waals surface area contributed by atoms with Crippen molar-refractivity contribution in [3.8, 4) is 0 Å². The third-order valence-corrected chi connectivity index (χ3v) is 13.8. The van der Waals surface area contributed by atoms with Gasteiger partial charge in [0.05, 0.1) is 6.61 Å². The van der Waals surface area contributed by atoms with Gasteiger partial charge in [0.1, 0.15) is 18.8 Å². The average molecular weight is 1130 g/mol. The lowest BCUT2D eigenvalue weighted by Crippen LogP contribution is -2.61. The minimum atomic E-state index is -1.92. The summed E-state index contributed by atoms with van der Waals surface area (Å²) in [5.41, 5.74) is 0. The van der Waals surface area contributed by atoms with E-state index in [-0.39, 0.29) is 25.9 Å². The van der Waals surface area contributed by atoms with Gasteiger partial charge in [-0.05, 0) is 128 Å². The van der Waals surface area contributed by atoms with E-state index in [1.165, 1.54) is 51.4 Å². The van der Waals surface area contributed by atoms with Crippen molar-refractivity contribution >= 4 is 23.9 Å². The molecule has 0 saturated carbocycles. The molecule has 12 nitrogen and oxygen atoms in total. The van der Waals surface area contributed by atoms with Crippen LogP contribution in [0.1, 0.15) is 252 Å². The van der Waals surface area contributed by atoms with Crippen LogP contribution in [0.2, 0.25) is 0 Å². The molecule has 1 aliphatic heterocycles. The van der Waals surface area contributed by atoms with Crippen LogP contribution in [0.15, 0.2) is 109 Å². The monoisotopic (exact) mass is 1130 g/mol. The number of unbranched alkanes of at least 4 members (excludes halogenated alkanes) is 21. The number of allylic oxidation sites excluding steroid dienone is 18. The molecule has 3 N–H and O–H groups in total. The van der Waals surface area contributed by atoms with Crippen LogP contribution in [0.4, 0.5) is 0 Å². The number of aliphatic hydroxyl groups excluding tert-OH is 2. The molecule has 81 heavy (non-hydrogen) atoms. The fourth-order valence-electron chi connectivity index (χ4n) is 8.92. The van der Waals surface area contributed by atoms with Crippen LogP contribution < -0.4 is 0 Å². The van der Waals surface area contributed by atoms with Gasteiger partial charge in [-0.1, -0.05) is 214 Å². The van der Waals surface area contributed by atoms with E-state index in [0.717, 1.165) is 141 Å². The minimum absolute atomic E-state index is 0.0173. The summed E-state index contributed by atoms with van der Waals surface area (Å²) in [6.45, 7) is 5.79. The number of rotatable bonds is 53. The normalized spacial score (nSPS) is 18.5. The summed E-state index contributed by atoms with van der Waals surface area (Å²) in [6.07, 6.45) is 63.3. The van der Waals surface area contributed by atoms with E-state index in [1.807, 2.05) is 0 Å². The SMILES string of the molecule is CC/C=C\C/C=C\C/C=C\CCCCCC(=O)OC1C(OCC(COC(=O)CCCCCCCC/C=C\C/C=C\C/C=C\CCCCC)OC(=O)CCCCCCCC/C=C\C/C=C\C/C=C\CCCCC)OC(C(=O)O)C(O)C1O. The first-order chi connectivity index (χ1) is 39.6. The maximum atomic E-state index is 13.2. The molecular weight excluding hydrogens is 1020 g/mol. The third-order valence-electron chi connectivity index (χ3n) is 13.8. The van der Waals surface area contributed by atoms with Crippen molar-refractivity contribution in [1.29, 1.82) is 0 Å². The van der Waals surface area contributed by atoms with Crippen LogP contribution in [0.5, 0.6) is 0 Å². The zero-order chi connectivity index (χ0) is 58.9. The van der Waals surface area contributed by atoms with Crippen molar-refractivity contribution in [1.82, 2.24) is 0 Å². The lowest BCUT2D eigenvalue weighted by molar-refractivity contribution is -0.301. The lowest BCUT2D eigenvalue weighted by atomic mass is 9.98. The van der Waals surface area contributed by atoms with E-state index < -0.39 is 67.3 Å². The van der Waals surface area contributed by atoms with Crippen molar-refractivity contribution in [2.75, 3.05) is 13.2 Å². The Labute approximate surface area is 491 Å². The van der Waals surface area contributed by atoms with Crippen LogP contribution in [0.3, 0.4) is 0 Å². The summed E-state index contributed by atoms with van der Waals surface area (Å²) < 4.78 is 28.4. The van der Waals surface area contributed by atoms with Gasteiger partial charge in [0.2, 0.25) is 0 Å². The van der Waals surface area contributed by atoms with Gasteiger partial charge >= 0.3 is 23.9 Å². The van der Waals surface area contributed by atoms with E-state index in [0.29, 0.717) is 19.3 Å². The Hall–Kier alpha value is -4.62. The number of esters is 3. The highest BCUT2D eigenvalue weighted by Crippen LogP contribution is 2.26. The summed E-state index contributed by atoms with van der Waals surface area (Å²) in [5, 5.41) is 31.5. The Morgan fingerprint density at radius 3 is 1.20 bits per heavy atom. The summed E-state index contributed by atoms with van der Waals surface area (Å²) in [6, 6.07) is 0. The van der Waals surface area contributed by atoms with E-state index in [1.54, 1.807) is 0 Å². The molecule has 0 spiro atoms. The van der Waals surface area contributed by atoms with Crippen molar-refractivity contribution in [2.24, 2.45) is 0 Å². The third kappa shape index (κ3) is 45.6. The largest absolute Gasteiger partial charge is 0.479 e. The van der Waals surface area contributed by atoms with Crippen LogP contribution in [-0.2, 0) is 42.9 Å². The van der Waals surface area contributed by atoms with E-state index in [9.17, 15) is 34.5 Å². The molecule has 1 heterocycles. The lowest BCUT2D eigenvalue weighted by Gasteiger charge is -2.40. The highest BCUT2D eigenvalue weighted by atomic mass is 16.7. The van der Waals surface area contributed by atoms with E-state index in [2.05, 4.69) is 130 Å². The molecule has 0 aromatic rings.